The number of aromatic nitrogens is 3. The van der Waals surface area contributed by atoms with Crippen molar-refractivity contribution in [2.75, 3.05) is 19.8 Å². The van der Waals surface area contributed by atoms with Crippen LogP contribution in [0.1, 0.15) is 29.6 Å². The highest BCUT2D eigenvalue weighted by Crippen LogP contribution is 2.23. The first kappa shape index (κ1) is 15.8. The van der Waals surface area contributed by atoms with Gasteiger partial charge in [-0.05, 0) is 12.0 Å². The molecule has 8 nitrogen and oxygen atoms in total. The molecule has 2 aliphatic heterocycles. The molecule has 1 N–H and O–H groups in total. The van der Waals surface area contributed by atoms with Crippen LogP contribution in [0.4, 0.5) is 4.79 Å². The van der Waals surface area contributed by atoms with Gasteiger partial charge in [0.05, 0.1) is 26.2 Å². The molecule has 3 heterocycles. The Kier molecular flexibility index (Phi) is 4.19. The highest BCUT2D eigenvalue weighted by molar-refractivity contribution is 6.01. The van der Waals surface area contributed by atoms with Crippen molar-refractivity contribution >= 4 is 11.9 Å². The summed E-state index contributed by atoms with van der Waals surface area (Å²) in [5.41, 5.74) is 1.08. The topological polar surface area (TPSA) is 89.3 Å². The summed E-state index contributed by atoms with van der Waals surface area (Å²) in [6.45, 7) is 2.02. The van der Waals surface area contributed by atoms with Crippen molar-refractivity contribution in [1.82, 2.24) is 25.0 Å². The van der Waals surface area contributed by atoms with Crippen LogP contribution >= 0.6 is 0 Å². The zero-order valence-electron chi connectivity index (χ0n) is 13.7. The average molecular weight is 341 g/mol. The molecule has 1 aromatic carbocycles. The molecule has 25 heavy (non-hydrogen) atoms. The van der Waals surface area contributed by atoms with Crippen molar-refractivity contribution in [3.63, 3.8) is 0 Å². The lowest BCUT2D eigenvalue weighted by molar-refractivity contribution is -0.125. The lowest BCUT2D eigenvalue weighted by Gasteiger charge is -2.12. The number of benzene rings is 1. The predicted octanol–water partition coefficient (Wildman–Crippen LogP) is 0.882. The molecule has 0 saturated carbocycles. The number of nitrogens with zero attached hydrogens (tertiary/aromatic N) is 4. The van der Waals surface area contributed by atoms with Crippen molar-refractivity contribution in [2.45, 2.75) is 25.4 Å². The molecule has 1 aromatic heterocycles. The first-order valence-corrected chi connectivity index (χ1v) is 8.34. The molecule has 0 aliphatic carbocycles. The lowest BCUT2D eigenvalue weighted by Crippen LogP contribution is -2.31. The van der Waals surface area contributed by atoms with Crippen LogP contribution in [0, 0.1) is 0 Å². The molecule has 0 unspecified atom stereocenters. The van der Waals surface area contributed by atoms with Crippen molar-refractivity contribution < 1.29 is 14.3 Å². The first-order chi connectivity index (χ1) is 12.2. The molecule has 2 aromatic rings. The SMILES string of the molecule is O=C1CNC(=O)N1Cc1nc([C@H]2CCOC2)nn1Cc1ccccc1. The average Bonchev–Trinajstić information content (AvgIpc) is 3.34. The predicted molar refractivity (Wildman–Crippen MR) is 87.7 cm³/mol. The molecule has 2 aliphatic rings. The number of hydrogen-bond acceptors (Lipinski definition) is 5. The van der Waals surface area contributed by atoms with Crippen LogP contribution in [-0.4, -0.2) is 51.4 Å². The maximum Gasteiger partial charge on any atom is 0.325 e. The summed E-state index contributed by atoms with van der Waals surface area (Å²) in [7, 11) is 0. The van der Waals surface area contributed by atoms with Crippen LogP contribution in [0.5, 0.6) is 0 Å². The number of carbonyl (C=O) groups is 2. The van der Waals surface area contributed by atoms with Gasteiger partial charge in [-0.1, -0.05) is 30.3 Å². The molecule has 3 amide bonds. The number of imide groups is 1. The number of ether oxygens (including phenoxy) is 1. The third kappa shape index (κ3) is 3.25. The number of nitrogens with one attached hydrogen (secondary N) is 1. The zero-order chi connectivity index (χ0) is 17.2. The van der Waals surface area contributed by atoms with E-state index in [4.69, 9.17) is 4.74 Å². The second-order valence-electron chi connectivity index (χ2n) is 6.23. The number of amides is 3. The minimum absolute atomic E-state index is 0.0367. The largest absolute Gasteiger partial charge is 0.381 e. The number of rotatable bonds is 5. The Balaban J connectivity index is 1.62. The normalized spacial score (nSPS) is 20.3. The molecule has 130 valence electrons. The van der Waals surface area contributed by atoms with Gasteiger partial charge in [0.2, 0.25) is 5.91 Å². The van der Waals surface area contributed by atoms with Crippen LogP contribution in [-0.2, 0) is 22.6 Å². The summed E-state index contributed by atoms with van der Waals surface area (Å²) < 4.78 is 7.21. The maximum absolute atomic E-state index is 11.9. The third-order valence-electron chi connectivity index (χ3n) is 4.47. The monoisotopic (exact) mass is 341 g/mol. The van der Waals surface area contributed by atoms with E-state index in [0.717, 1.165) is 17.8 Å². The van der Waals surface area contributed by atoms with E-state index < -0.39 is 0 Å². The van der Waals surface area contributed by atoms with Crippen molar-refractivity contribution in [2.24, 2.45) is 0 Å². The smallest absolute Gasteiger partial charge is 0.325 e. The van der Waals surface area contributed by atoms with Crippen molar-refractivity contribution in [1.29, 1.82) is 0 Å². The lowest BCUT2D eigenvalue weighted by atomic mass is 10.1. The van der Waals surface area contributed by atoms with E-state index in [-0.39, 0.29) is 30.9 Å². The van der Waals surface area contributed by atoms with E-state index in [9.17, 15) is 9.59 Å². The second-order valence-corrected chi connectivity index (χ2v) is 6.23. The molecule has 0 radical (unpaired) electrons. The van der Waals surface area contributed by atoms with Crippen LogP contribution in [0.2, 0.25) is 0 Å². The molecule has 0 spiro atoms. The summed E-state index contributed by atoms with van der Waals surface area (Å²) in [6.07, 6.45) is 0.887. The molecule has 2 fully saturated rings. The first-order valence-electron chi connectivity index (χ1n) is 8.34. The summed E-state index contributed by atoms with van der Waals surface area (Å²) in [4.78, 5) is 29.5. The molecular formula is C17H19N5O3. The summed E-state index contributed by atoms with van der Waals surface area (Å²) >= 11 is 0. The fourth-order valence-electron chi connectivity index (χ4n) is 3.06. The van der Waals surface area contributed by atoms with Crippen LogP contribution in [0.25, 0.3) is 0 Å². The van der Waals surface area contributed by atoms with Crippen LogP contribution in [0.15, 0.2) is 30.3 Å². The summed E-state index contributed by atoms with van der Waals surface area (Å²) in [5.74, 6) is 1.25. The number of carbonyl (C=O) groups excluding carboxylic acids is 2. The van der Waals surface area contributed by atoms with Crippen molar-refractivity contribution in [3.8, 4) is 0 Å². The van der Waals surface area contributed by atoms with E-state index in [1.54, 1.807) is 4.68 Å². The third-order valence-corrected chi connectivity index (χ3v) is 4.47. The quantitative estimate of drug-likeness (QED) is 0.816. The van der Waals surface area contributed by atoms with Gasteiger partial charge in [-0.15, -0.1) is 0 Å². The zero-order valence-corrected chi connectivity index (χ0v) is 13.7. The molecule has 1 atom stereocenters. The van der Waals surface area contributed by atoms with Gasteiger partial charge in [0.1, 0.15) is 5.82 Å². The van der Waals surface area contributed by atoms with Crippen LogP contribution < -0.4 is 5.32 Å². The fourth-order valence-corrected chi connectivity index (χ4v) is 3.06. The Bertz CT molecular complexity index is 767. The molecule has 2 saturated heterocycles. The maximum atomic E-state index is 11.9. The Morgan fingerprint density at radius 3 is 2.72 bits per heavy atom. The number of hydrogen-bond donors (Lipinski definition) is 1. The molecule has 0 bridgehead atoms. The molecular weight excluding hydrogens is 322 g/mol. The van der Waals surface area contributed by atoms with Gasteiger partial charge in [-0.2, -0.15) is 5.10 Å². The van der Waals surface area contributed by atoms with E-state index in [0.29, 0.717) is 25.6 Å². The minimum Gasteiger partial charge on any atom is -0.381 e. The standard InChI is InChI=1S/C17H19N5O3/c23-15-8-18-17(24)21(15)10-14-19-16(13-6-7-25-11-13)20-22(14)9-12-4-2-1-3-5-12/h1-5,13H,6-11H2,(H,18,24)/t13-/m0/s1. The highest BCUT2D eigenvalue weighted by atomic mass is 16.5. The number of urea groups is 1. The second kappa shape index (κ2) is 6.64. The van der Waals surface area contributed by atoms with Crippen LogP contribution in [0.3, 0.4) is 0 Å². The Hall–Kier alpha value is -2.74. The van der Waals surface area contributed by atoms with Gasteiger partial charge >= 0.3 is 6.03 Å². The summed E-state index contributed by atoms with van der Waals surface area (Å²) in [5, 5.41) is 7.17. The van der Waals surface area contributed by atoms with Gasteiger partial charge in [0, 0.05) is 12.5 Å². The van der Waals surface area contributed by atoms with Gasteiger partial charge in [0.25, 0.3) is 0 Å². The van der Waals surface area contributed by atoms with E-state index >= 15 is 0 Å². The van der Waals surface area contributed by atoms with Gasteiger partial charge < -0.3 is 10.1 Å². The van der Waals surface area contributed by atoms with E-state index in [1.165, 1.54) is 4.90 Å². The van der Waals surface area contributed by atoms with Crippen molar-refractivity contribution in [3.05, 3.63) is 47.5 Å². The Morgan fingerprint density at radius 1 is 1.20 bits per heavy atom. The molecule has 4 rings (SSSR count). The molecule has 8 heteroatoms. The highest BCUT2D eigenvalue weighted by Gasteiger charge is 2.31. The van der Waals surface area contributed by atoms with E-state index in [1.807, 2.05) is 30.3 Å². The van der Waals surface area contributed by atoms with E-state index in [2.05, 4.69) is 15.4 Å². The Labute approximate surface area is 144 Å². The minimum atomic E-state index is -0.384. The van der Waals surface area contributed by atoms with Gasteiger partial charge in [-0.25, -0.2) is 14.5 Å². The summed E-state index contributed by atoms with van der Waals surface area (Å²) in [6, 6.07) is 9.53. The van der Waals surface area contributed by atoms with Gasteiger partial charge in [0.15, 0.2) is 5.82 Å². The van der Waals surface area contributed by atoms with Gasteiger partial charge in [-0.3, -0.25) is 9.69 Å². The Morgan fingerprint density at radius 2 is 2.04 bits per heavy atom. The fraction of sp³-hybridized carbons (Fsp3) is 0.412.